The molecule has 0 saturated carbocycles. The van der Waals surface area contributed by atoms with Crippen molar-refractivity contribution in [2.45, 2.75) is 18.9 Å². The van der Waals surface area contributed by atoms with Gasteiger partial charge in [-0.05, 0) is 73.8 Å². The van der Waals surface area contributed by atoms with E-state index in [1.807, 2.05) is 30.3 Å². The minimum atomic E-state index is -0.631. The molecule has 0 aliphatic carbocycles. The summed E-state index contributed by atoms with van der Waals surface area (Å²) in [5.74, 6) is -0.261. The quantitative estimate of drug-likeness (QED) is 0.306. The van der Waals surface area contributed by atoms with Gasteiger partial charge in [-0.1, -0.05) is 18.2 Å². The number of hydrogen-bond acceptors (Lipinski definition) is 4. The number of hydrogen-bond donors (Lipinski definition) is 3. The van der Waals surface area contributed by atoms with E-state index < -0.39 is 11.6 Å². The van der Waals surface area contributed by atoms with Crippen LogP contribution in [0.4, 0.5) is 14.5 Å². The highest BCUT2D eigenvalue weighted by Crippen LogP contribution is 2.37. The van der Waals surface area contributed by atoms with Gasteiger partial charge in [0, 0.05) is 29.6 Å². The normalized spacial score (nSPS) is 21.1. The maximum absolute atomic E-state index is 14.7. The van der Waals surface area contributed by atoms with Crippen molar-refractivity contribution < 1.29 is 8.78 Å². The molecule has 3 aromatic carbocycles. The van der Waals surface area contributed by atoms with Gasteiger partial charge in [0.2, 0.25) is 0 Å². The summed E-state index contributed by atoms with van der Waals surface area (Å²) in [4.78, 5) is 27.0. The highest BCUT2D eigenvalue weighted by atomic mass is 19.1. The Morgan fingerprint density at radius 1 is 0.946 bits per heavy atom. The minimum absolute atomic E-state index is 0.182. The summed E-state index contributed by atoms with van der Waals surface area (Å²) in [6.45, 7) is 3.11. The highest BCUT2D eigenvalue weighted by molar-refractivity contribution is 6.01. The molecule has 0 radical (unpaired) electrons. The molecule has 0 unspecified atom stereocenters. The number of fused-ring (bicyclic) bond motifs is 5. The van der Waals surface area contributed by atoms with E-state index in [2.05, 4.69) is 20.2 Å². The number of benzene rings is 3. The molecule has 8 rings (SSSR count). The van der Waals surface area contributed by atoms with Crippen molar-refractivity contribution in [2.75, 3.05) is 25.0 Å². The lowest BCUT2D eigenvalue weighted by atomic mass is 9.83. The second-order valence-corrected chi connectivity index (χ2v) is 10.1. The Kier molecular flexibility index (Phi) is 5.11. The van der Waals surface area contributed by atoms with Crippen LogP contribution < -0.4 is 10.9 Å². The van der Waals surface area contributed by atoms with Crippen LogP contribution in [0, 0.1) is 17.6 Å². The topological polar surface area (TPSA) is 76.8 Å². The van der Waals surface area contributed by atoms with Crippen molar-refractivity contribution in [2.24, 2.45) is 5.92 Å². The van der Waals surface area contributed by atoms with Gasteiger partial charge in [-0.25, -0.2) is 13.8 Å². The zero-order chi connectivity index (χ0) is 25.1. The number of nitrogens with one attached hydrogen (secondary N) is 3. The molecular formula is C29H25F2N5O. The van der Waals surface area contributed by atoms with E-state index >= 15 is 0 Å². The Morgan fingerprint density at radius 3 is 2.54 bits per heavy atom. The molecule has 6 nitrogen and oxygen atoms in total. The second-order valence-electron chi connectivity index (χ2n) is 10.1. The molecule has 3 fully saturated rings. The van der Waals surface area contributed by atoms with E-state index in [1.165, 1.54) is 12.1 Å². The molecule has 0 amide bonds. The molecule has 37 heavy (non-hydrogen) atoms. The summed E-state index contributed by atoms with van der Waals surface area (Å²) in [6, 6.07) is 16.8. The predicted octanol–water partition coefficient (Wildman–Crippen LogP) is 5.52. The molecule has 5 heterocycles. The third-order valence-corrected chi connectivity index (χ3v) is 7.87. The number of nitrogens with zero attached hydrogens (tertiary/aromatic N) is 2. The first-order valence-corrected chi connectivity index (χ1v) is 12.6. The fourth-order valence-electron chi connectivity index (χ4n) is 5.95. The largest absolute Gasteiger partial charge is 0.379 e. The molecule has 2 aromatic heterocycles. The lowest BCUT2D eigenvalue weighted by Gasteiger charge is -2.45. The van der Waals surface area contributed by atoms with E-state index in [9.17, 15) is 13.6 Å². The van der Waals surface area contributed by atoms with E-state index in [-0.39, 0.29) is 11.6 Å². The highest BCUT2D eigenvalue weighted by Gasteiger charge is 2.35. The summed E-state index contributed by atoms with van der Waals surface area (Å²) in [6.07, 6.45) is 2.23. The van der Waals surface area contributed by atoms with Crippen LogP contribution in [0.25, 0.3) is 44.5 Å². The summed E-state index contributed by atoms with van der Waals surface area (Å²) in [5, 5.41) is 4.49. The number of imidazole rings is 1. The Morgan fingerprint density at radius 2 is 1.78 bits per heavy atom. The van der Waals surface area contributed by atoms with Crippen molar-refractivity contribution in [3.63, 3.8) is 0 Å². The standard InChI is InChI=1S/C29H25F2N5O/c30-18-6-7-19(21(31)14-18)17-5-8-22-20(13-17)27(32-25-15-36-11-9-16(25)10-12-36)26(29(37)35-22)28-33-23-3-1-2-4-24(23)34-28/h1-8,13-14,16,25H,9-12,15H2,(H,33,34)(H2,32,35,37)/t25-/m1/s1. The van der Waals surface area contributed by atoms with Gasteiger partial charge in [0.1, 0.15) is 23.0 Å². The predicted molar refractivity (Wildman–Crippen MR) is 142 cm³/mol. The summed E-state index contributed by atoms with van der Waals surface area (Å²) < 4.78 is 28.3. The van der Waals surface area contributed by atoms with Gasteiger partial charge in [-0.2, -0.15) is 0 Å². The van der Waals surface area contributed by atoms with Crippen molar-refractivity contribution in [1.29, 1.82) is 0 Å². The fourth-order valence-corrected chi connectivity index (χ4v) is 5.95. The molecule has 3 aliphatic rings. The lowest BCUT2D eigenvalue weighted by molar-refractivity contribution is 0.0976. The second kappa shape index (κ2) is 8.52. The first-order chi connectivity index (χ1) is 18.0. The zero-order valence-corrected chi connectivity index (χ0v) is 20.0. The molecule has 186 valence electrons. The summed E-state index contributed by atoms with van der Waals surface area (Å²) in [5.41, 5.74) is 4.01. The van der Waals surface area contributed by atoms with Crippen molar-refractivity contribution in [3.8, 4) is 22.5 Å². The van der Waals surface area contributed by atoms with E-state index in [0.29, 0.717) is 39.6 Å². The summed E-state index contributed by atoms with van der Waals surface area (Å²) in [7, 11) is 0. The third kappa shape index (κ3) is 3.79. The van der Waals surface area contributed by atoms with Gasteiger partial charge < -0.3 is 20.2 Å². The van der Waals surface area contributed by atoms with Crippen molar-refractivity contribution >= 4 is 27.6 Å². The first-order valence-electron chi connectivity index (χ1n) is 12.6. The molecule has 8 heteroatoms. The number of aromatic nitrogens is 3. The average Bonchev–Trinajstić information content (AvgIpc) is 3.33. The van der Waals surface area contributed by atoms with Gasteiger partial charge in [0.05, 0.1) is 22.2 Å². The monoisotopic (exact) mass is 497 g/mol. The molecule has 1 atom stereocenters. The number of halogens is 2. The van der Waals surface area contributed by atoms with E-state index in [4.69, 9.17) is 4.98 Å². The molecule has 3 aliphatic heterocycles. The number of pyridine rings is 1. The van der Waals surface area contributed by atoms with Crippen LogP contribution in [0.1, 0.15) is 12.8 Å². The molecule has 3 N–H and O–H groups in total. The van der Waals surface area contributed by atoms with Crippen molar-refractivity contribution in [1.82, 2.24) is 19.9 Å². The molecule has 3 saturated heterocycles. The maximum Gasteiger partial charge on any atom is 0.261 e. The van der Waals surface area contributed by atoms with Crippen LogP contribution in [-0.2, 0) is 0 Å². The van der Waals surface area contributed by atoms with Crippen LogP contribution in [-0.4, -0.2) is 45.5 Å². The van der Waals surface area contributed by atoms with Crippen LogP contribution in [0.5, 0.6) is 0 Å². The first kappa shape index (κ1) is 22.2. The number of rotatable bonds is 4. The maximum atomic E-state index is 14.7. The van der Waals surface area contributed by atoms with Gasteiger partial charge in [0.15, 0.2) is 0 Å². The van der Waals surface area contributed by atoms with Crippen LogP contribution >= 0.6 is 0 Å². The Bertz CT molecular complexity index is 1680. The van der Waals surface area contributed by atoms with Gasteiger partial charge >= 0.3 is 0 Å². The van der Waals surface area contributed by atoms with Gasteiger partial charge in [-0.15, -0.1) is 0 Å². The number of para-hydroxylation sites is 2. The smallest absolute Gasteiger partial charge is 0.261 e. The molecule has 2 bridgehead atoms. The number of H-pyrrole nitrogens is 2. The third-order valence-electron chi connectivity index (χ3n) is 7.87. The average molecular weight is 498 g/mol. The number of aromatic amines is 2. The number of anilines is 1. The van der Waals surface area contributed by atoms with E-state index in [0.717, 1.165) is 55.0 Å². The van der Waals surface area contributed by atoms with Crippen LogP contribution in [0.3, 0.4) is 0 Å². The Labute approximate surface area is 211 Å². The van der Waals surface area contributed by atoms with Gasteiger partial charge in [-0.3, -0.25) is 4.79 Å². The zero-order valence-electron chi connectivity index (χ0n) is 20.0. The SMILES string of the molecule is O=c1[nH]c2ccc(-c3ccc(F)cc3F)cc2c(N[C@@H]2CN3CCC2CC3)c1-c1nc2ccccc2[nH]1. The van der Waals surface area contributed by atoms with Gasteiger partial charge in [0.25, 0.3) is 5.56 Å². The lowest BCUT2D eigenvalue weighted by Crippen LogP contribution is -2.53. The van der Waals surface area contributed by atoms with E-state index in [1.54, 1.807) is 12.1 Å². The fraction of sp³-hybridized carbons (Fsp3) is 0.241. The molecule has 5 aromatic rings. The number of piperidine rings is 3. The van der Waals surface area contributed by atoms with Crippen molar-refractivity contribution in [3.05, 3.63) is 82.7 Å². The van der Waals surface area contributed by atoms with Crippen LogP contribution in [0.15, 0.2) is 65.5 Å². The Balaban J connectivity index is 1.45. The Hall–Kier alpha value is -4.04. The van der Waals surface area contributed by atoms with Crippen LogP contribution in [0.2, 0.25) is 0 Å². The molecular weight excluding hydrogens is 472 g/mol. The minimum Gasteiger partial charge on any atom is -0.379 e. The molecule has 0 spiro atoms. The summed E-state index contributed by atoms with van der Waals surface area (Å²) >= 11 is 0.